The predicted molar refractivity (Wildman–Crippen MR) is 81.7 cm³/mol. The number of aromatic nitrogens is 2. The fourth-order valence-corrected chi connectivity index (χ4v) is 3.16. The van der Waals surface area contributed by atoms with Crippen LogP contribution in [0.2, 0.25) is 0 Å². The SMILES string of the molecule is [C-]#[N+]c1sc2nc(-c3ccc(C(F)(F)F)cc3)[nH]c(=O)c2c1C. The van der Waals surface area contributed by atoms with Gasteiger partial charge in [-0.25, -0.2) is 9.83 Å². The van der Waals surface area contributed by atoms with E-state index in [1.807, 2.05) is 0 Å². The summed E-state index contributed by atoms with van der Waals surface area (Å²) in [5.41, 5.74) is -0.249. The Bertz CT molecular complexity index is 994. The normalized spacial score (nSPS) is 11.6. The van der Waals surface area contributed by atoms with Crippen molar-refractivity contribution < 1.29 is 13.2 Å². The molecule has 0 aliphatic carbocycles. The summed E-state index contributed by atoms with van der Waals surface area (Å²) in [5.74, 6) is 0.175. The topological polar surface area (TPSA) is 50.1 Å². The van der Waals surface area contributed by atoms with Crippen molar-refractivity contribution in [2.75, 3.05) is 0 Å². The molecule has 1 N–H and O–H groups in total. The zero-order chi connectivity index (χ0) is 16.8. The minimum absolute atomic E-state index is 0.175. The molecule has 0 atom stereocenters. The predicted octanol–water partition coefficient (Wildman–Crippen LogP) is 4.53. The number of benzene rings is 1. The Morgan fingerprint density at radius 1 is 1.26 bits per heavy atom. The fraction of sp³-hybridized carbons (Fsp3) is 0.133. The van der Waals surface area contributed by atoms with Crippen molar-refractivity contribution in [3.05, 3.63) is 57.2 Å². The summed E-state index contributed by atoms with van der Waals surface area (Å²) in [6, 6.07) is 4.37. The van der Waals surface area contributed by atoms with Crippen LogP contribution in [0.5, 0.6) is 0 Å². The third-order valence-corrected chi connectivity index (χ3v) is 4.44. The van der Waals surface area contributed by atoms with E-state index in [4.69, 9.17) is 6.57 Å². The van der Waals surface area contributed by atoms with Crippen LogP contribution in [0.3, 0.4) is 0 Å². The lowest BCUT2D eigenvalue weighted by Gasteiger charge is -2.07. The van der Waals surface area contributed by atoms with Crippen LogP contribution in [0.25, 0.3) is 26.4 Å². The van der Waals surface area contributed by atoms with Crippen molar-refractivity contribution in [3.63, 3.8) is 0 Å². The van der Waals surface area contributed by atoms with Crippen molar-refractivity contribution in [2.45, 2.75) is 13.1 Å². The third kappa shape index (κ3) is 2.59. The van der Waals surface area contributed by atoms with E-state index in [0.29, 0.717) is 26.3 Å². The highest BCUT2D eigenvalue weighted by atomic mass is 32.1. The molecule has 1 aromatic carbocycles. The number of alkyl halides is 3. The van der Waals surface area contributed by atoms with E-state index in [1.165, 1.54) is 12.1 Å². The van der Waals surface area contributed by atoms with Crippen LogP contribution >= 0.6 is 11.3 Å². The number of thiophene rings is 1. The molecule has 0 aliphatic rings. The molecule has 0 unspecified atom stereocenters. The van der Waals surface area contributed by atoms with Gasteiger partial charge in [-0.2, -0.15) is 13.2 Å². The van der Waals surface area contributed by atoms with Gasteiger partial charge in [0.1, 0.15) is 10.7 Å². The van der Waals surface area contributed by atoms with E-state index >= 15 is 0 Å². The molecule has 8 heteroatoms. The molecule has 0 aliphatic heterocycles. The van der Waals surface area contributed by atoms with Gasteiger partial charge in [0.2, 0.25) is 5.00 Å². The number of rotatable bonds is 1. The summed E-state index contributed by atoms with van der Waals surface area (Å²) < 4.78 is 37.7. The molecule has 2 aromatic heterocycles. The largest absolute Gasteiger partial charge is 0.416 e. The van der Waals surface area contributed by atoms with Gasteiger partial charge in [0.05, 0.1) is 17.5 Å². The molecule has 0 saturated heterocycles. The Labute approximate surface area is 132 Å². The first-order chi connectivity index (χ1) is 10.8. The molecule has 23 heavy (non-hydrogen) atoms. The van der Waals surface area contributed by atoms with Crippen LogP contribution in [0, 0.1) is 13.5 Å². The van der Waals surface area contributed by atoms with Gasteiger partial charge < -0.3 is 4.98 Å². The van der Waals surface area contributed by atoms with Crippen LogP contribution in [0.1, 0.15) is 11.1 Å². The van der Waals surface area contributed by atoms with Crippen LogP contribution in [-0.4, -0.2) is 9.97 Å². The second-order valence-electron chi connectivity index (χ2n) is 4.81. The summed E-state index contributed by atoms with van der Waals surface area (Å²) in [6.45, 7) is 8.74. The molecular formula is C15H8F3N3OS. The Kier molecular flexibility index (Phi) is 3.45. The highest BCUT2D eigenvalue weighted by molar-refractivity contribution is 7.22. The molecule has 3 aromatic rings. The monoisotopic (exact) mass is 335 g/mol. The maximum atomic E-state index is 12.6. The molecule has 0 amide bonds. The van der Waals surface area contributed by atoms with Crippen LogP contribution in [0.4, 0.5) is 18.2 Å². The average molecular weight is 335 g/mol. The maximum absolute atomic E-state index is 12.6. The lowest BCUT2D eigenvalue weighted by molar-refractivity contribution is -0.137. The summed E-state index contributed by atoms with van der Waals surface area (Å²) in [7, 11) is 0. The summed E-state index contributed by atoms with van der Waals surface area (Å²) in [5, 5.41) is 0.722. The molecule has 0 radical (unpaired) electrons. The van der Waals surface area contributed by atoms with Crippen molar-refractivity contribution in [3.8, 4) is 11.4 Å². The molecule has 0 saturated carbocycles. The zero-order valence-corrected chi connectivity index (χ0v) is 12.5. The second kappa shape index (κ2) is 5.21. The standard InChI is InChI=1S/C15H8F3N3OS/c1-7-10-12(22)20-11(21-14(10)23-13(7)19-2)8-3-5-9(6-4-8)15(16,17)18/h3-6H,1H3,(H,20,21,22). The summed E-state index contributed by atoms with van der Waals surface area (Å²) in [4.78, 5) is 22.7. The Hall–Kier alpha value is -2.66. The first-order valence-corrected chi connectivity index (χ1v) is 7.21. The maximum Gasteiger partial charge on any atom is 0.416 e. The first kappa shape index (κ1) is 15.2. The molecule has 0 bridgehead atoms. The minimum Gasteiger partial charge on any atom is -0.306 e. The Balaban J connectivity index is 2.14. The lowest BCUT2D eigenvalue weighted by Crippen LogP contribution is -2.09. The van der Waals surface area contributed by atoms with Gasteiger partial charge in [-0.05, 0) is 24.6 Å². The number of halogens is 3. The second-order valence-corrected chi connectivity index (χ2v) is 5.79. The van der Waals surface area contributed by atoms with Crippen molar-refractivity contribution in [2.24, 2.45) is 0 Å². The number of nitrogens with one attached hydrogen (secondary N) is 1. The van der Waals surface area contributed by atoms with Gasteiger partial charge in [0.15, 0.2) is 0 Å². The van der Waals surface area contributed by atoms with E-state index in [1.54, 1.807) is 6.92 Å². The van der Waals surface area contributed by atoms with Gasteiger partial charge >= 0.3 is 6.18 Å². The minimum atomic E-state index is -4.42. The highest BCUT2D eigenvalue weighted by Gasteiger charge is 2.30. The van der Waals surface area contributed by atoms with Gasteiger partial charge in [-0.3, -0.25) is 4.79 Å². The fourth-order valence-electron chi connectivity index (χ4n) is 2.19. The number of fused-ring (bicyclic) bond motifs is 1. The molecule has 2 heterocycles. The quantitative estimate of drug-likeness (QED) is 0.664. The zero-order valence-electron chi connectivity index (χ0n) is 11.7. The molecule has 116 valence electrons. The van der Waals surface area contributed by atoms with Gasteiger partial charge in [-0.15, -0.1) is 11.3 Å². The first-order valence-electron chi connectivity index (χ1n) is 6.40. The highest BCUT2D eigenvalue weighted by Crippen LogP contribution is 2.35. The molecule has 3 rings (SSSR count). The van der Waals surface area contributed by atoms with Gasteiger partial charge in [0, 0.05) is 5.56 Å². The summed E-state index contributed by atoms with van der Waals surface area (Å²) >= 11 is 1.09. The van der Waals surface area contributed by atoms with E-state index in [-0.39, 0.29) is 5.82 Å². The Morgan fingerprint density at radius 3 is 2.48 bits per heavy atom. The van der Waals surface area contributed by atoms with E-state index in [2.05, 4.69) is 14.8 Å². The number of hydrogen-bond acceptors (Lipinski definition) is 3. The number of aryl methyl sites for hydroxylation is 1. The van der Waals surface area contributed by atoms with Crippen LogP contribution in [-0.2, 0) is 6.18 Å². The van der Waals surface area contributed by atoms with E-state index in [0.717, 1.165) is 23.5 Å². The van der Waals surface area contributed by atoms with Crippen molar-refractivity contribution in [1.29, 1.82) is 0 Å². The Morgan fingerprint density at radius 2 is 1.91 bits per heavy atom. The molecule has 4 nitrogen and oxygen atoms in total. The molecular weight excluding hydrogens is 327 g/mol. The summed E-state index contributed by atoms with van der Waals surface area (Å²) in [6.07, 6.45) is -4.42. The number of nitrogens with zero attached hydrogens (tertiary/aromatic N) is 2. The van der Waals surface area contributed by atoms with Crippen LogP contribution in [0.15, 0.2) is 29.1 Å². The third-order valence-electron chi connectivity index (χ3n) is 3.36. The lowest BCUT2D eigenvalue weighted by atomic mass is 10.1. The van der Waals surface area contributed by atoms with Crippen molar-refractivity contribution >= 4 is 26.6 Å². The van der Waals surface area contributed by atoms with E-state index < -0.39 is 17.3 Å². The van der Waals surface area contributed by atoms with Gasteiger partial charge in [-0.1, -0.05) is 12.1 Å². The molecule has 0 fully saturated rings. The number of H-pyrrole nitrogens is 1. The van der Waals surface area contributed by atoms with Crippen LogP contribution < -0.4 is 5.56 Å². The number of hydrogen-bond donors (Lipinski definition) is 1. The van der Waals surface area contributed by atoms with Gasteiger partial charge in [0.25, 0.3) is 5.56 Å². The molecule has 0 spiro atoms. The van der Waals surface area contributed by atoms with E-state index in [9.17, 15) is 18.0 Å². The van der Waals surface area contributed by atoms with Crippen molar-refractivity contribution in [1.82, 2.24) is 9.97 Å². The average Bonchev–Trinajstić information content (AvgIpc) is 2.83. The smallest absolute Gasteiger partial charge is 0.306 e. The number of aromatic amines is 1.